The largest absolute Gasteiger partial charge is 0.361 e. The van der Waals surface area contributed by atoms with Gasteiger partial charge < -0.3 is 15.2 Å². The normalized spacial score (nSPS) is 19.9. The lowest BCUT2D eigenvalue weighted by Crippen LogP contribution is -2.37. The highest BCUT2D eigenvalue weighted by atomic mass is 16.5. The average Bonchev–Trinajstić information content (AvgIpc) is 3.23. The number of aromatic amines is 1. The van der Waals surface area contributed by atoms with Gasteiger partial charge in [-0.15, -0.1) is 0 Å². The molecule has 8 nitrogen and oxygen atoms in total. The van der Waals surface area contributed by atoms with E-state index in [1.165, 1.54) is 0 Å². The van der Waals surface area contributed by atoms with Gasteiger partial charge in [-0.1, -0.05) is 5.16 Å². The minimum Gasteiger partial charge on any atom is -0.361 e. The van der Waals surface area contributed by atoms with Crippen molar-refractivity contribution in [1.29, 1.82) is 0 Å². The Morgan fingerprint density at radius 3 is 2.63 bits per heavy atom. The molecule has 3 N–H and O–H groups in total. The third-order valence-electron chi connectivity index (χ3n) is 4.85. The van der Waals surface area contributed by atoms with Crippen LogP contribution in [0.2, 0.25) is 0 Å². The zero-order valence-electron chi connectivity index (χ0n) is 16.0. The molecule has 2 aromatic heterocycles. The summed E-state index contributed by atoms with van der Waals surface area (Å²) in [6.45, 7) is 5.77. The number of carbonyl (C=O) groups is 2. The molecule has 0 unspecified atom stereocenters. The summed E-state index contributed by atoms with van der Waals surface area (Å²) in [5.74, 6) is 1.42. The van der Waals surface area contributed by atoms with E-state index in [9.17, 15) is 9.59 Å². The second kappa shape index (κ2) is 8.37. The highest BCUT2D eigenvalue weighted by Gasteiger charge is 2.28. The van der Waals surface area contributed by atoms with Crippen molar-refractivity contribution in [3.8, 4) is 0 Å². The Labute approximate surface area is 158 Å². The van der Waals surface area contributed by atoms with E-state index < -0.39 is 0 Å². The van der Waals surface area contributed by atoms with Gasteiger partial charge in [-0.05, 0) is 46.5 Å². The maximum Gasteiger partial charge on any atom is 0.233 e. The molecule has 1 aliphatic carbocycles. The summed E-state index contributed by atoms with van der Waals surface area (Å²) in [6, 6.07) is 3.79. The molecule has 2 amide bonds. The maximum absolute atomic E-state index is 12.1. The van der Waals surface area contributed by atoms with Crippen LogP contribution in [0.4, 0.5) is 5.82 Å². The van der Waals surface area contributed by atoms with Gasteiger partial charge in [0.05, 0.1) is 12.1 Å². The van der Waals surface area contributed by atoms with Crippen LogP contribution in [0.3, 0.4) is 0 Å². The van der Waals surface area contributed by atoms with Crippen LogP contribution in [0.1, 0.15) is 62.6 Å². The van der Waals surface area contributed by atoms with Crippen molar-refractivity contribution in [2.24, 2.45) is 5.92 Å². The minimum atomic E-state index is -0.196. The third kappa shape index (κ3) is 5.18. The minimum absolute atomic E-state index is 0.0936. The number of aromatic nitrogens is 3. The standard InChI is InChI=1S/C19H27N5O3/c1-11(2)20-19(26)14-6-4-13(5-7-14)16-10-17(23-22-16)21-18(25)9-15-8-12(3)24-27-15/h8,10-11,13-14H,4-7,9H2,1-3H3,(H,20,26)(H2,21,22,23,25)/t13-,14-. The number of nitrogens with one attached hydrogen (secondary N) is 3. The number of aryl methyl sites for hydroxylation is 1. The van der Waals surface area contributed by atoms with Gasteiger partial charge in [0.2, 0.25) is 11.8 Å². The molecule has 1 fully saturated rings. The van der Waals surface area contributed by atoms with E-state index in [0.29, 0.717) is 17.5 Å². The van der Waals surface area contributed by atoms with Gasteiger partial charge in [-0.25, -0.2) is 0 Å². The number of carbonyl (C=O) groups excluding carboxylic acids is 2. The zero-order valence-corrected chi connectivity index (χ0v) is 16.0. The molecule has 1 aliphatic rings. The molecule has 1 saturated carbocycles. The number of rotatable bonds is 6. The van der Waals surface area contributed by atoms with E-state index in [4.69, 9.17) is 4.52 Å². The molecule has 2 aromatic rings. The topological polar surface area (TPSA) is 113 Å². The Balaban J connectivity index is 1.49. The molecule has 146 valence electrons. The molecule has 8 heteroatoms. The predicted octanol–water partition coefficient (Wildman–Crippen LogP) is 2.69. The van der Waals surface area contributed by atoms with Gasteiger partial charge in [-0.2, -0.15) is 5.10 Å². The molecule has 0 bridgehead atoms. The second-order valence-corrected chi connectivity index (χ2v) is 7.58. The molecule has 0 aromatic carbocycles. The lowest BCUT2D eigenvalue weighted by molar-refractivity contribution is -0.126. The quantitative estimate of drug-likeness (QED) is 0.720. The van der Waals surface area contributed by atoms with Gasteiger partial charge in [0, 0.05) is 35.7 Å². The number of nitrogens with zero attached hydrogens (tertiary/aromatic N) is 2. The lowest BCUT2D eigenvalue weighted by atomic mass is 9.80. The SMILES string of the molecule is Cc1cc(CC(=O)Nc2cc([C@H]3CC[C@H](C(=O)NC(C)C)CC3)[nH]n2)on1. The monoisotopic (exact) mass is 373 g/mol. The van der Waals surface area contributed by atoms with Crippen LogP contribution in [-0.2, 0) is 16.0 Å². The summed E-state index contributed by atoms with van der Waals surface area (Å²) >= 11 is 0. The van der Waals surface area contributed by atoms with Crippen molar-refractivity contribution < 1.29 is 14.1 Å². The van der Waals surface area contributed by atoms with Gasteiger partial charge in [0.1, 0.15) is 5.76 Å². The Morgan fingerprint density at radius 2 is 2.00 bits per heavy atom. The first-order chi connectivity index (χ1) is 12.9. The van der Waals surface area contributed by atoms with Crippen LogP contribution < -0.4 is 10.6 Å². The first-order valence-electron chi connectivity index (χ1n) is 9.48. The maximum atomic E-state index is 12.1. The Morgan fingerprint density at radius 1 is 1.26 bits per heavy atom. The third-order valence-corrected chi connectivity index (χ3v) is 4.85. The van der Waals surface area contributed by atoms with E-state index in [1.54, 1.807) is 6.07 Å². The number of amides is 2. The Bertz CT molecular complexity index is 787. The first-order valence-corrected chi connectivity index (χ1v) is 9.48. The molecular formula is C19H27N5O3. The fourth-order valence-corrected chi connectivity index (χ4v) is 3.52. The molecule has 0 aliphatic heterocycles. The summed E-state index contributed by atoms with van der Waals surface area (Å²) in [7, 11) is 0. The van der Waals surface area contributed by atoms with E-state index >= 15 is 0 Å². The van der Waals surface area contributed by atoms with E-state index in [2.05, 4.69) is 26.0 Å². The van der Waals surface area contributed by atoms with Crippen LogP contribution in [0.5, 0.6) is 0 Å². The van der Waals surface area contributed by atoms with E-state index in [1.807, 2.05) is 26.8 Å². The number of anilines is 1. The van der Waals surface area contributed by atoms with Crippen LogP contribution >= 0.6 is 0 Å². The summed E-state index contributed by atoms with van der Waals surface area (Å²) in [4.78, 5) is 24.2. The fraction of sp³-hybridized carbons (Fsp3) is 0.579. The lowest BCUT2D eigenvalue weighted by Gasteiger charge is -2.27. The average molecular weight is 373 g/mol. The van der Waals surface area contributed by atoms with Crippen molar-refractivity contribution in [3.63, 3.8) is 0 Å². The smallest absolute Gasteiger partial charge is 0.233 e. The van der Waals surface area contributed by atoms with Crippen LogP contribution in [0.15, 0.2) is 16.7 Å². The fourth-order valence-electron chi connectivity index (χ4n) is 3.52. The predicted molar refractivity (Wildman–Crippen MR) is 100 cm³/mol. The van der Waals surface area contributed by atoms with Crippen LogP contribution in [0.25, 0.3) is 0 Å². The van der Waals surface area contributed by atoms with Crippen molar-refractivity contribution in [1.82, 2.24) is 20.7 Å². The van der Waals surface area contributed by atoms with E-state index in [-0.39, 0.29) is 30.2 Å². The molecule has 2 heterocycles. The Hall–Kier alpha value is -2.64. The van der Waals surface area contributed by atoms with Crippen molar-refractivity contribution in [2.75, 3.05) is 5.32 Å². The molecule has 0 radical (unpaired) electrons. The first kappa shape index (κ1) is 19.1. The molecule has 0 atom stereocenters. The van der Waals surface area contributed by atoms with Crippen molar-refractivity contribution in [2.45, 2.75) is 64.8 Å². The molecule has 27 heavy (non-hydrogen) atoms. The van der Waals surface area contributed by atoms with Gasteiger partial charge in [0.25, 0.3) is 0 Å². The zero-order chi connectivity index (χ0) is 19.4. The van der Waals surface area contributed by atoms with Crippen LogP contribution in [-0.4, -0.2) is 33.2 Å². The summed E-state index contributed by atoms with van der Waals surface area (Å²) < 4.78 is 5.05. The molecule has 3 rings (SSSR count). The number of H-pyrrole nitrogens is 1. The van der Waals surface area contributed by atoms with E-state index in [0.717, 1.165) is 37.1 Å². The van der Waals surface area contributed by atoms with Gasteiger partial charge in [-0.3, -0.25) is 14.7 Å². The number of hydrogen-bond acceptors (Lipinski definition) is 5. The van der Waals surface area contributed by atoms with Crippen molar-refractivity contribution in [3.05, 3.63) is 29.3 Å². The van der Waals surface area contributed by atoms with Crippen LogP contribution in [0, 0.1) is 12.8 Å². The van der Waals surface area contributed by atoms with Gasteiger partial charge >= 0.3 is 0 Å². The van der Waals surface area contributed by atoms with Gasteiger partial charge in [0.15, 0.2) is 5.82 Å². The second-order valence-electron chi connectivity index (χ2n) is 7.58. The highest BCUT2D eigenvalue weighted by molar-refractivity contribution is 5.91. The Kier molecular flexibility index (Phi) is 5.93. The molecule has 0 spiro atoms. The molecule has 0 saturated heterocycles. The highest BCUT2D eigenvalue weighted by Crippen LogP contribution is 2.35. The molecular weight excluding hydrogens is 346 g/mol. The summed E-state index contributed by atoms with van der Waals surface area (Å²) in [6.07, 6.45) is 3.73. The van der Waals surface area contributed by atoms with Crippen molar-refractivity contribution >= 4 is 17.6 Å². The summed E-state index contributed by atoms with van der Waals surface area (Å²) in [5, 5.41) is 16.8. The summed E-state index contributed by atoms with van der Waals surface area (Å²) in [5.41, 5.74) is 1.75. The number of hydrogen-bond donors (Lipinski definition) is 3.